The lowest BCUT2D eigenvalue weighted by molar-refractivity contribution is 0.371. The summed E-state index contributed by atoms with van der Waals surface area (Å²) in [5.41, 5.74) is -3.15. The van der Waals surface area contributed by atoms with Gasteiger partial charge in [-0.25, -0.2) is 65.9 Å². The summed E-state index contributed by atoms with van der Waals surface area (Å²) >= 11 is 1.22. The van der Waals surface area contributed by atoms with Gasteiger partial charge in [-0.1, -0.05) is 35.4 Å². The van der Waals surface area contributed by atoms with E-state index in [-0.39, 0.29) is 22.8 Å². The third kappa shape index (κ3) is 8.55. The standard InChI is InChI=1S/C61H35F15N4S/c1-21-17-23(3)37(24(4)18-21)42-33-13-11-31(79-33)40(45-49(64)55(70)60(75)56(71)50(45)65)29-9-7-27(77-29)39(44-47(62)53(68)59(74)54(69)48(44)63)28-8-10-30(78-28)41(46-51(66)57(72)61(76)58(73)52(46)67)32-12-14-34(80-32)43(36-16-15-35(42)81-36)38-25(5)19-22(2)20-26(38)6/h7-20,39,79-80H,1-6H3/b40-29+,41-30+,42-35+,43-36+. The lowest BCUT2D eigenvalue weighted by Crippen LogP contribution is -2.23. The number of hydrogen-bond acceptors (Lipinski definition) is 3. The molecule has 3 aliphatic heterocycles. The Balaban J connectivity index is 1.35. The van der Waals surface area contributed by atoms with Crippen LogP contribution in [0.3, 0.4) is 0 Å². The maximum absolute atomic E-state index is 16.4. The van der Waals surface area contributed by atoms with Crippen LogP contribution in [0.2, 0.25) is 0 Å². The zero-order chi connectivity index (χ0) is 58.1. The van der Waals surface area contributed by atoms with Crippen LogP contribution in [-0.2, 0) is 0 Å². The molecule has 4 nitrogen and oxygen atoms in total. The molecule has 0 saturated heterocycles. The van der Waals surface area contributed by atoms with Crippen molar-refractivity contribution in [3.05, 3.63) is 277 Å². The second-order valence-electron chi connectivity index (χ2n) is 19.6. The normalized spacial score (nSPS) is 17.7. The molecule has 6 heterocycles. The quantitative estimate of drug-likeness (QED) is 0.0980. The third-order valence-corrected chi connectivity index (χ3v) is 15.4. The van der Waals surface area contributed by atoms with Crippen molar-refractivity contribution < 1.29 is 65.9 Å². The van der Waals surface area contributed by atoms with E-state index >= 15 is 52.7 Å². The minimum absolute atomic E-state index is 0.192. The van der Waals surface area contributed by atoms with Gasteiger partial charge in [-0.05, 0) is 136 Å². The van der Waals surface area contributed by atoms with Crippen LogP contribution in [0.5, 0.6) is 0 Å². The van der Waals surface area contributed by atoms with Crippen LogP contribution in [0, 0.1) is 129 Å². The van der Waals surface area contributed by atoms with Crippen LogP contribution < -0.4 is 9.06 Å². The molecule has 81 heavy (non-hydrogen) atoms. The second kappa shape index (κ2) is 19.9. The summed E-state index contributed by atoms with van der Waals surface area (Å²) in [4.78, 5) is 14.8. The Morgan fingerprint density at radius 3 is 0.938 bits per heavy atom. The number of benzene rings is 5. The number of fused-ring (bicyclic) bond motifs is 8. The van der Waals surface area contributed by atoms with E-state index in [1.807, 2.05) is 65.8 Å². The summed E-state index contributed by atoms with van der Waals surface area (Å²) in [6.07, 6.45) is 3.48. The Bertz CT molecular complexity index is 4110. The Morgan fingerprint density at radius 1 is 0.333 bits per heavy atom. The smallest absolute Gasteiger partial charge is 0.200 e. The molecule has 20 heteroatoms. The highest BCUT2D eigenvalue weighted by molar-refractivity contribution is 7.08. The number of aromatic nitrogens is 2. The first kappa shape index (κ1) is 54.3. The summed E-state index contributed by atoms with van der Waals surface area (Å²) in [7, 11) is 0. The van der Waals surface area contributed by atoms with Crippen molar-refractivity contribution in [1.29, 1.82) is 0 Å². The molecule has 10 bridgehead atoms. The van der Waals surface area contributed by atoms with Gasteiger partial charge in [-0.15, -0.1) is 11.3 Å². The van der Waals surface area contributed by atoms with Crippen molar-refractivity contribution in [3.8, 4) is 0 Å². The van der Waals surface area contributed by atoms with Crippen LogP contribution in [0.25, 0.3) is 22.3 Å². The van der Waals surface area contributed by atoms with E-state index < -0.39 is 144 Å². The Kier molecular flexibility index (Phi) is 13.3. The zero-order valence-electron chi connectivity index (χ0n) is 42.6. The number of thiophene rings is 1. The summed E-state index contributed by atoms with van der Waals surface area (Å²) < 4.78 is 236. The van der Waals surface area contributed by atoms with Crippen LogP contribution in [0.15, 0.2) is 106 Å². The average molecular weight is 1140 g/mol. The number of allylic oxidation sites excluding steroid dienone is 4. The van der Waals surface area contributed by atoms with Crippen LogP contribution in [0.1, 0.15) is 89.9 Å². The number of aryl methyl sites for hydroxylation is 6. The second-order valence-corrected chi connectivity index (χ2v) is 20.7. The summed E-state index contributed by atoms with van der Waals surface area (Å²) in [6.45, 7) is 11.0. The molecule has 0 aliphatic carbocycles. The van der Waals surface area contributed by atoms with Gasteiger partial charge in [0.25, 0.3) is 0 Å². The van der Waals surface area contributed by atoms with Crippen molar-refractivity contribution in [3.63, 3.8) is 0 Å². The van der Waals surface area contributed by atoms with Crippen LogP contribution >= 0.6 is 11.3 Å². The molecule has 410 valence electrons. The molecule has 5 aromatic carbocycles. The monoisotopic (exact) mass is 1140 g/mol. The number of aliphatic imine (C=N–C) groups is 2. The molecule has 3 aliphatic rings. The Morgan fingerprint density at radius 2 is 0.617 bits per heavy atom. The van der Waals surface area contributed by atoms with E-state index in [0.717, 1.165) is 57.7 Å². The number of aromatic amines is 2. The fourth-order valence-corrected chi connectivity index (χ4v) is 12.2. The first-order chi connectivity index (χ1) is 38.4. The Hall–Kier alpha value is -8.65. The fourth-order valence-electron chi connectivity index (χ4n) is 11.0. The van der Waals surface area contributed by atoms with Gasteiger partial charge in [-0.3, -0.25) is 9.98 Å². The lowest BCUT2D eigenvalue weighted by Gasteiger charge is -2.19. The maximum Gasteiger partial charge on any atom is 0.200 e. The van der Waals surface area contributed by atoms with E-state index in [9.17, 15) is 13.2 Å². The molecule has 0 atom stereocenters. The molecular formula is C61H35F15N4S. The number of rotatable bonds is 5. The van der Waals surface area contributed by atoms with Crippen molar-refractivity contribution in [2.24, 2.45) is 9.98 Å². The van der Waals surface area contributed by atoms with Gasteiger partial charge in [0.05, 0.1) is 39.9 Å². The van der Waals surface area contributed by atoms with Crippen molar-refractivity contribution >= 4 is 45.1 Å². The highest BCUT2D eigenvalue weighted by Gasteiger charge is 2.39. The van der Waals surface area contributed by atoms with Gasteiger partial charge in [0, 0.05) is 59.7 Å². The molecule has 0 saturated carbocycles. The van der Waals surface area contributed by atoms with Gasteiger partial charge in [0.2, 0.25) is 17.5 Å². The first-order valence-corrected chi connectivity index (χ1v) is 25.2. The first-order valence-electron chi connectivity index (χ1n) is 24.4. The van der Waals surface area contributed by atoms with Crippen LogP contribution in [-0.4, -0.2) is 21.4 Å². The highest BCUT2D eigenvalue weighted by Crippen LogP contribution is 2.43. The van der Waals surface area contributed by atoms with Crippen molar-refractivity contribution in [1.82, 2.24) is 9.97 Å². The van der Waals surface area contributed by atoms with Crippen molar-refractivity contribution in [2.75, 3.05) is 0 Å². The predicted molar refractivity (Wildman–Crippen MR) is 276 cm³/mol. The van der Waals surface area contributed by atoms with E-state index in [2.05, 4.69) is 20.0 Å². The number of hydrogen-bond donors (Lipinski definition) is 2. The number of H-pyrrole nitrogens is 2. The third-order valence-electron chi connectivity index (χ3n) is 14.3. The summed E-state index contributed by atoms with van der Waals surface area (Å²) in [5.74, 6) is -39.0. The van der Waals surface area contributed by atoms with E-state index in [1.54, 1.807) is 12.1 Å². The molecule has 8 aromatic rings. The number of nitrogens with zero attached hydrogens (tertiary/aromatic N) is 2. The summed E-state index contributed by atoms with van der Waals surface area (Å²) in [6, 6.07) is 16.4. The SMILES string of the molecule is Cc1cc(C)c(/C2=c3\cc/c(s3)=C(\c3c(C)cc(C)cc3C)c3ccc([nH]3)/C(c3c(F)c(F)c(F)c(F)c3F)=C3/C=CC(=N3)C(c3c(F)c(F)c(F)c(F)c3F)C3=N/C(=C(/c4c(F)c(F)c(F)c(F)c4F)c4ccc2[nH]4)C=C3)c(C)c1. The largest absolute Gasteiger partial charge is 0.354 e. The lowest BCUT2D eigenvalue weighted by atomic mass is 9.88. The molecule has 0 unspecified atom stereocenters. The topological polar surface area (TPSA) is 56.3 Å². The van der Waals surface area contributed by atoms with Crippen LogP contribution in [0.4, 0.5) is 65.9 Å². The molecule has 3 aromatic heterocycles. The molecule has 0 spiro atoms. The van der Waals surface area contributed by atoms with Gasteiger partial charge >= 0.3 is 0 Å². The molecule has 11 rings (SSSR count). The predicted octanol–water partition coefficient (Wildman–Crippen LogP) is 15.2. The maximum atomic E-state index is 16.4. The molecule has 0 fully saturated rings. The van der Waals surface area contributed by atoms with Crippen molar-refractivity contribution in [2.45, 2.75) is 47.5 Å². The minimum Gasteiger partial charge on any atom is -0.354 e. The highest BCUT2D eigenvalue weighted by atomic mass is 32.1. The van der Waals surface area contributed by atoms with E-state index in [0.29, 0.717) is 31.3 Å². The van der Waals surface area contributed by atoms with E-state index in [4.69, 9.17) is 0 Å². The van der Waals surface area contributed by atoms with E-state index in [1.165, 1.54) is 35.6 Å². The van der Waals surface area contributed by atoms with Gasteiger partial charge in [0.15, 0.2) is 69.8 Å². The molecule has 0 radical (unpaired) electrons. The van der Waals surface area contributed by atoms with Gasteiger partial charge in [-0.2, -0.15) is 0 Å². The number of nitrogens with one attached hydrogen (secondary N) is 2. The van der Waals surface area contributed by atoms with Gasteiger partial charge < -0.3 is 9.97 Å². The summed E-state index contributed by atoms with van der Waals surface area (Å²) in [5, 5.41) is 0. The Labute approximate surface area is 453 Å². The average Bonchev–Trinajstić information content (AvgIpc) is 3.85. The zero-order valence-corrected chi connectivity index (χ0v) is 43.4. The number of halogens is 15. The minimum atomic E-state index is -2.61. The molecule has 2 N–H and O–H groups in total. The molecule has 0 amide bonds. The fraction of sp³-hybridized carbons (Fsp3) is 0.115. The molecular weight excluding hydrogens is 1110 g/mol. The van der Waals surface area contributed by atoms with Gasteiger partial charge in [0.1, 0.15) is 0 Å².